The highest BCUT2D eigenvalue weighted by Crippen LogP contribution is 2.46. The van der Waals surface area contributed by atoms with Gasteiger partial charge >= 0.3 is 5.97 Å². The van der Waals surface area contributed by atoms with Gasteiger partial charge in [0.15, 0.2) is 0 Å². The Balaban J connectivity index is 2.01. The summed E-state index contributed by atoms with van der Waals surface area (Å²) in [6.45, 7) is 3.83. The van der Waals surface area contributed by atoms with Crippen LogP contribution in [0.15, 0.2) is 34.9 Å². The highest BCUT2D eigenvalue weighted by Gasteiger charge is 2.46. The van der Waals surface area contributed by atoms with Crippen LogP contribution in [-0.2, 0) is 4.79 Å². The largest absolute Gasteiger partial charge is 0.478 e. The van der Waals surface area contributed by atoms with E-state index < -0.39 is 12.1 Å². The van der Waals surface area contributed by atoms with Gasteiger partial charge in [0.05, 0.1) is 6.10 Å². The third-order valence-electron chi connectivity index (χ3n) is 6.51. The molecule has 0 radical (unpaired) electrons. The van der Waals surface area contributed by atoms with Crippen LogP contribution in [-0.4, -0.2) is 45.6 Å². The zero-order valence-electron chi connectivity index (χ0n) is 17.6. The Morgan fingerprint density at radius 1 is 1.28 bits per heavy atom. The van der Waals surface area contributed by atoms with E-state index in [1.54, 1.807) is 19.1 Å². The standard InChI is InChI=1S/C23H36ClNO4/c1-16(8-10-20(27)15-18(24)11-14-26)21-6-4-13-23(21)12-3-5-19(25-23)9-7-17(2)22(28)29/h7-8,10,15-16,19-21,25-27H,3-6,9,11-14H2,1-2H3,(H,28,29). The van der Waals surface area contributed by atoms with Gasteiger partial charge in [-0.3, -0.25) is 0 Å². The molecule has 164 valence electrons. The van der Waals surface area contributed by atoms with E-state index in [1.807, 2.05) is 6.08 Å². The molecule has 4 N–H and O–H groups in total. The van der Waals surface area contributed by atoms with E-state index >= 15 is 0 Å². The molecule has 1 aliphatic heterocycles. The molecule has 5 unspecified atom stereocenters. The first-order valence-corrected chi connectivity index (χ1v) is 11.2. The minimum absolute atomic E-state index is 0.0270. The van der Waals surface area contributed by atoms with E-state index in [9.17, 15) is 9.90 Å². The topological polar surface area (TPSA) is 89.8 Å². The van der Waals surface area contributed by atoms with Crippen LogP contribution >= 0.6 is 11.6 Å². The number of aliphatic hydroxyl groups excluding tert-OH is 2. The van der Waals surface area contributed by atoms with E-state index in [1.165, 1.54) is 6.42 Å². The lowest BCUT2D eigenvalue weighted by Crippen LogP contribution is -2.56. The maximum atomic E-state index is 11.1. The average molecular weight is 426 g/mol. The molecule has 0 amide bonds. The van der Waals surface area contributed by atoms with Gasteiger partial charge in [-0.15, -0.1) is 0 Å². The second kappa shape index (κ2) is 11.3. The fraction of sp³-hybridized carbons (Fsp3) is 0.696. The average Bonchev–Trinajstić information content (AvgIpc) is 3.06. The summed E-state index contributed by atoms with van der Waals surface area (Å²) in [6, 6.07) is 0.320. The van der Waals surface area contributed by atoms with Crippen molar-refractivity contribution in [2.75, 3.05) is 6.61 Å². The number of carboxylic acids is 1. The lowest BCUT2D eigenvalue weighted by atomic mass is 9.72. The maximum Gasteiger partial charge on any atom is 0.330 e. The third-order valence-corrected chi connectivity index (χ3v) is 6.82. The Kier molecular flexibility index (Phi) is 9.41. The zero-order chi connectivity index (χ0) is 21.4. The normalized spacial score (nSPS) is 30.8. The number of aliphatic hydroxyl groups is 2. The van der Waals surface area contributed by atoms with Crippen molar-refractivity contribution in [2.45, 2.75) is 82.9 Å². The summed E-state index contributed by atoms with van der Waals surface area (Å²) in [5.74, 6) is -0.0327. The van der Waals surface area contributed by atoms with Crippen LogP contribution in [0.2, 0.25) is 0 Å². The molecule has 5 nitrogen and oxygen atoms in total. The zero-order valence-corrected chi connectivity index (χ0v) is 18.4. The van der Waals surface area contributed by atoms with Crippen LogP contribution in [0.5, 0.6) is 0 Å². The van der Waals surface area contributed by atoms with Gasteiger partial charge in [-0.2, -0.15) is 0 Å². The predicted molar refractivity (Wildman–Crippen MR) is 117 cm³/mol. The molecule has 1 saturated carbocycles. The van der Waals surface area contributed by atoms with Crippen molar-refractivity contribution in [2.24, 2.45) is 11.8 Å². The summed E-state index contributed by atoms with van der Waals surface area (Å²) in [7, 11) is 0. The summed E-state index contributed by atoms with van der Waals surface area (Å²) < 4.78 is 0. The number of hydrogen-bond acceptors (Lipinski definition) is 4. The van der Waals surface area contributed by atoms with Crippen molar-refractivity contribution in [3.05, 3.63) is 34.9 Å². The smallest absolute Gasteiger partial charge is 0.330 e. The first-order valence-electron chi connectivity index (χ1n) is 10.8. The Morgan fingerprint density at radius 2 is 1.97 bits per heavy atom. The van der Waals surface area contributed by atoms with Crippen molar-refractivity contribution in [1.29, 1.82) is 0 Å². The molecule has 5 atom stereocenters. The molecule has 2 fully saturated rings. The number of piperidine rings is 1. The van der Waals surface area contributed by atoms with Crippen molar-refractivity contribution in [3.63, 3.8) is 0 Å². The molecule has 0 aromatic rings. The second-order valence-corrected chi connectivity index (χ2v) is 9.12. The Labute approximate surface area is 179 Å². The van der Waals surface area contributed by atoms with Crippen LogP contribution in [0.25, 0.3) is 0 Å². The van der Waals surface area contributed by atoms with Crippen molar-refractivity contribution < 1.29 is 20.1 Å². The molecule has 29 heavy (non-hydrogen) atoms. The summed E-state index contributed by atoms with van der Waals surface area (Å²) in [4.78, 5) is 11.1. The number of carboxylic acid groups (broad SMARTS) is 1. The summed E-state index contributed by atoms with van der Waals surface area (Å²) in [5, 5.41) is 32.5. The molecule has 2 aliphatic rings. The summed E-state index contributed by atoms with van der Waals surface area (Å²) in [6.07, 6.45) is 14.5. The van der Waals surface area contributed by atoms with Gasteiger partial charge in [0.1, 0.15) is 0 Å². The minimum Gasteiger partial charge on any atom is -0.478 e. The first kappa shape index (κ1) is 24.1. The highest BCUT2D eigenvalue weighted by molar-refractivity contribution is 6.29. The molecule has 0 aromatic carbocycles. The fourth-order valence-electron chi connectivity index (χ4n) is 5.01. The SMILES string of the molecule is CC(=CCC1CCCC2(CCCC2C(C)C=CC(O)C=C(Cl)CCO)N1)C(=O)O. The first-order chi connectivity index (χ1) is 13.8. The van der Waals surface area contributed by atoms with Crippen LogP contribution in [0.4, 0.5) is 0 Å². The molecule has 2 rings (SSSR count). The molecule has 0 bridgehead atoms. The number of aliphatic carboxylic acids is 1. The number of nitrogens with one attached hydrogen (secondary N) is 1. The van der Waals surface area contributed by atoms with Crippen LogP contribution in [0.1, 0.15) is 65.2 Å². The van der Waals surface area contributed by atoms with Gasteiger partial charge in [-0.05, 0) is 56.9 Å². The lowest BCUT2D eigenvalue weighted by Gasteiger charge is -2.45. The second-order valence-electron chi connectivity index (χ2n) is 8.64. The third kappa shape index (κ3) is 6.95. The lowest BCUT2D eigenvalue weighted by molar-refractivity contribution is -0.132. The van der Waals surface area contributed by atoms with Gasteiger partial charge in [-0.1, -0.05) is 49.6 Å². The van der Waals surface area contributed by atoms with Crippen LogP contribution in [0, 0.1) is 11.8 Å². The summed E-state index contributed by atoms with van der Waals surface area (Å²) in [5.41, 5.74) is 0.514. The molecule has 1 spiro atoms. The van der Waals surface area contributed by atoms with Gasteiger partial charge in [0, 0.05) is 35.2 Å². The van der Waals surface area contributed by atoms with Crippen LogP contribution in [0.3, 0.4) is 0 Å². The Hall–Kier alpha value is -1.14. The number of halogens is 1. The molecular formula is C23H36ClNO4. The monoisotopic (exact) mass is 425 g/mol. The quantitative estimate of drug-likeness (QED) is 0.329. The molecular weight excluding hydrogens is 390 g/mol. The van der Waals surface area contributed by atoms with Crippen molar-refractivity contribution in [1.82, 2.24) is 5.32 Å². The molecule has 1 saturated heterocycles. The van der Waals surface area contributed by atoms with E-state index in [0.717, 1.165) is 38.5 Å². The van der Waals surface area contributed by atoms with E-state index in [4.69, 9.17) is 21.8 Å². The van der Waals surface area contributed by atoms with Crippen molar-refractivity contribution in [3.8, 4) is 0 Å². The van der Waals surface area contributed by atoms with Gasteiger partial charge in [-0.25, -0.2) is 4.79 Å². The predicted octanol–water partition coefficient (Wildman–Crippen LogP) is 4.15. The fourth-order valence-corrected chi connectivity index (χ4v) is 5.22. The molecule has 0 aromatic heterocycles. The van der Waals surface area contributed by atoms with E-state index in [0.29, 0.717) is 34.9 Å². The van der Waals surface area contributed by atoms with Gasteiger partial charge in [0.25, 0.3) is 0 Å². The van der Waals surface area contributed by atoms with Crippen LogP contribution < -0.4 is 5.32 Å². The molecule has 1 aliphatic carbocycles. The van der Waals surface area contributed by atoms with Gasteiger partial charge in [0.2, 0.25) is 0 Å². The maximum absolute atomic E-state index is 11.1. The van der Waals surface area contributed by atoms with Gasteiger partial charge < -0.3 is 20.6 Å². The Bertz CT molecular complexity index is 645. The number of allylic oxidation sites excluding steroid dienone is 1. The highest BCUT2D eigenvalue weighted by atomic mass is 35.5. The van der Waals surface area contributed by atoms with Crippen molar-refractivity contribution >= 4 is 17.6 Å². The number of rotatable bonds is 9. The molecule has 6 heteroatoms. The minimum atomic E-state index is -0.847. The Morgan fingerprint density at radius 3 is 2.62 bits per heavy atom. The summed E-state index contributed by atoms with van der Waals surface area (Å²) >= 11 is 5.98. The number of carbonyl (C=O) groups is 1. The van der Waals surface area contributed by atoms with E-state index in [2.05, 4.69) is 18.3 Å². The van der Waals surface area contributed by atoms with E-state index in [-0.39, 0.29) is 12.1 Å². The molecule has 1 heterocycles. The number of hydrogen-bond donors (Lipinski definition) is 4.